The predicted octanol–water partition coefficient (Wildman–Crippen LogP) is 3.52. The van der Waals surface area contributed by atoms with Crippen molar-refractivity contribution >= 4 is 22.4 Å². The molecule has 0 saturated heterocycles. The van der Waals surface area contributed by atoms with Crippen LogP contribution >= 0.6 is 0 Å². The zero-order valence-corrected chi connectivity index (χ0v) is 12.1. The van der Waals surface area contributed by atoms with Gasteiger partial charge >= 0.3 is 11.9 Å². The van der Waals surface area contributed by atoms with Crippen LogP contribution in [0.1, 0.15) is 31.7 Å². The van der Waals surface area contributed by atoms with E-state index < -0.39 is 28.0 Å². The number of nitro benzene ring substituents is 1. The number of nitro groups is 1. The molecule has 0 aliphatic rings. The van der Waals surface area contributed by atoms with Crippen molar-refractivity contribution in [3.05, 3.63) is 27.6 Å². The zero-order chi connectivity index (χ0) is 16.7. The number of rotatable bonds is 4. The van der Waals surface area contributed by atoms with E-state index in [0.29, 0.717) is 25.2 Å². The molecule has 0 aliphatic heterocycles. The van der Waals surface area contributed by atoms with Crippen LogP contribution in [0.25, 0.3) is 11.0 Å². The lowest BCUT2D eigenvalue weighted by Gasteiger charge is -2.12. The second kappa shape index (κ2) is 5.47. The Kier molecular flexibility index (Phi) is 3.99. The van der Waals surface area contributed by atoms with Crippen LogP contribution in [0.4, 0.5) is 24.5 Å². The van der Waals surface area contributed by atoms with E-state index in [1.165, 1.54) is 0 Å². The molecule has 6 nitrogen and oxygen atoms in total. The summed E-state index contributed by atoms with van der Waals surface area (Å²) in [6.45, 7) is 4.08. The number of hydrogen-bond acceptors (Lipinski definition) is 4. The van der Waals surface area contributed by atoms with E-state index in [2.05, 4.69) is 4.98 Å². The summed E-state index contributed by atoms with van der Waals surface area (Å²) in [5.74, 6) is 0.499. The van der Waals surface area contributed by atoms with Gasteiger partial charge in [0.05, 0.1) is 16.0 Å². The summed E-state index contributed by atoms with van der Waals surface area (Å²) in [4.78, 5) is 14.4. The number of nitrogen functional groups attached to an aromatic ring is 1. The van der Waals surface area contributed by atoms with E-state index in [-0.39, 0.29) is 11.0 Å². The fourth-order valence-electron chi connectivity index (χ4n) is 2.47. The van der Waals surface area contributed by atoms with Gasteiger partial charge in [-0.3, -0.25) is 10.1 Å². The van der Waals surface area contributed by atoms with Gasteiger partial charge in [0.15, 0.2) is 5.52 Å². The summed E-state index contributed by atoms with van der Waals surface area (Å²) >= 11 is 0. The number of benzene rings is 1. The fraction of sp³-hybridized carbons (Fsp3) is 0.462. The molecule has 0 amide bonds. The zero-order valence-electron chi connectivity index (χ0n) is 12.1. The molecule has 1 heterocycles. The number of fused-ring (bicyclic) bond motifs is 1. The Labute approximate surface area is 123 Å². The first kappa shape index (κ1) is 16.1. The van der Waals surface area contributed by atoms with E-state index in [9.17, 15) is 23.3 Å². The maximum absolute atomic E-state index is 13.1. The van der Waals surface area contributed by atoms with Gasteiger partial charge in [0, 0.05) is 13.0 Å². The number of hydrogen-bond donors (Lipinski definition) is 1. The maximum atomic E-state index is 13.1. The van der Waals surface area contributed by atoms with Crippen LogP contribution in [0, 0.1) is 10.1 Å². The third kappa shape index (κ3) is 2.46. The van der Waals surface area contributed by atoms with Crippen LogP contribution in [0.3, 0.4) is 0 Å². The average Bonchev–Trinajstić information content (AvgIpc) is 2.74. The van der Waals surface area contributed by atoms with E-state index >= 15 is 0 Å². The van der Waals surface area contributed by atoms with Crippen LogP contribution in [0.5, 0.6) is 0 Å². The second-order valence-electron chi connectivity index (χ2n) is 4.84. The van der Waals surface area contributed by atoms with Crippen molar-refractivity contribution in [3.8, 4) is 0 Å². The second-order valence-corrected chi connectivity index (χ2v) is 4.84. The van der Waals surface area contributed by atoms with Crippen LogP contribution in [-0.2, 0) is 19.1 Å². The minimum absolute atomic E-state index is 0.0897. The molecular formula is C13H15F3N4O2. The highest BCUT2D eigenvalue weighted by Crippen LogP contribution is 2.42. The molecule has 1 aromatic heterocycles. The molecule has 0 aliphatic carbocycles. The number of nitrogens with two attached hydrogens (primary N) is 1. The van der Waals surface area contributed by atoms with Crippen LogP contribution < -0.4 is 5.73 Å². The molecule has 0 saturated carbocycles. The summed E-state index contributed by atoms with van der Waals surface area (Å²) in [5.41, 5.74) is 2.51. The van der Waals surface area contributed by atoms with Gasteiger partial charge in [0.1, 0.15) is 11.5 Å². The van der Waals surface area contributed by atoms with Gasteiger partial charge < -0.3 is 10.3 Å². The summed E-state index contributed by atoms with van der Waals surface area (Å²) in [5, 5.41) is 11.2. The molecule has 0 radical (unpaired) electrons. The summed E-state index contributed by atoms with van der Waals surface area (Å²) in [6, 6.07) is 0.847. The number of aryl methyl sites for hydroxylation is 2. The SMILES string of the molecule is CCCn1c(CC)nc2c([N+](=O)[O-])c(N)c(C(F)(F)F)cc21. The standard InChI is InChI=1S/C13H15F3N4O2/c1-3-5-19-8-6-7(13(14,15)16)10(17)12(20(21)22)11(8)18-9(19)4-2/h6H,3-5,17H2,1-2H3. The van der Waals surface area contributed by atoms with E-state index in [4.69, 9.17) is 5.73 Å². The minimum atomic E-state index is -4.77. The molecule has 0 bridgehead atoms. The van der Waals surface area contributed by atoms with E-state index in [0.717, 1.165) is 6.07 Å². The van der Waals surface area contributed by atoms with Gasteiger partial charge in [-0.25, -0.2) is 4.98 Å². The molecule has 2 aromatic rings. The highest BCUT2D eigenvalue weighted by Gasteiger charge is 2.38. The monoisotopic (exact) mass is 316 g/mol. The quantitative estimate of drug-likeness (QED) is 0.531. The molecule has 1 aromatic carbocycles. The Balaban J connectivity index is 2.95. The Hall–Kier alpha value is -2.32. The highest BCUT2D eigenvalue weighted by molar-refractivity contribution is 5.93. The van der Waals surface area contributed by atoms with Crippen molar-refractivity contribution in [2.45, 2.75) is 39.4 Å². The van der Waals surface area contributed by atoms with Gasteiger partial charge in [-0.1, -0.05) is 13.8 Å². The van der Waals surface area contributed by atoms with Crippen LogP contribution in [-0.4, -0.2) is 14.5 Å². The number of alkyl halides is 3. The lowest BCUT2D eigenvalue weighted by atomic mass is 10.1. The third-order valence-corrected chi connectivity index (χ3v) is 3.39. The minimum Gasteiger partial charge on any atom is -0.393 e. The third-order valence-electron chi connectivity index (χ3n) is 3.39. The normalized spacial score (nSPS) is 12.0. The number of nitrogens with zero attached hydrogens (tertiary/aromatic N) is 3. The predicted molar refractivity (Wildman–Crippen MR) is 75.5 cm³/mol. The average molecular weight is 316 g/mol. The van der Waals surface area contributed by atoms with Crippen LogP contribution in [0.15, 0.2) is 6.07 Å². The molecule has 2 rings (SSSR count). The van der Waals surface area contributed by atoms with E-state index in [1.807, 2.05) is 6.92 Å². The Morgan fingerprint density at radius 2 is 2.05 bits per heavy atom. The molecule has 120 valence electrons. The Bertz CT molecular complexity index is 737. The molecule has 0 fully saturated rings. The molecule has 0 unspecified atom stereocenters. The van der Waals surface area contributed by atoms with Gasteiger partial charge in [0.2, 0.25) is 0 Å². The number of imidazole rings is 1. The summed E-state index contributed by atoms with van der Waals surface area (Å²) in [6.07, 6.45) is -3.65. The molecular weight excluding hydrogens is 301 g/mol. The lowest BCUT2D eigenvalue weighted by Crippen LogP contribution is -2.12. The number of halogens is 3. The molecule has 9 heteroatoms. The van der Waals surface area contributed by atoms with E-state index in [1.54, 1.807) is 11.5 Å². The van der Waals surface area contributed by atoms with Crippen molar-refractivity contribution in [3.63, 3.8) is 0 Å². The summed E-state index contributed by atoms with van der Waals surface area (Å²) in [7, 11) is 0. The maximum Gasteiger partial charge on any atom is 0.418 e. The van der Waals surface area contributed by atoms with Crippen molar-refractivity contribution < 1.29 is 18.1 Å². The molecule has 22 heavy (non-hydrogen) atoms. The molecule has 2 N–H and O–H groups in total. The highest BCUT2D eigenvalue weighted by atomic mass is 19.4. The van der Waals surface area contributed by atoms with Crippen molar-refractivity contribution in [1.29, 1.82) is 0 Å². The fourth-order valence-corrected chi connectivity index (χ4v) is 2.47. The van der Waals surface area contributed by atoms with Crippen molar-refractivity contribution in [1.82, 2.24) is 9.55 Å². The molecule has 0 atom stereocenters. The first-order valence-corrected chi connectivity index (χ1v) is 6.75. The van der Waals surface area contributed by atoms with Gasteiger partial charge in [-0.15, -0.1) is 0 Å². The Morgan fingerprint density at radius 3 is 2.50 bits per heavy atom. The summed E-state index contributed by atoms with van der Waals surface area (Å²) < 4.78 is 40.9. The number of anilines is 1. The van der Waals surface area contributed by atoms with Crippen LogP contribution in [0.2, 0.25) is 0 Å². The first-order chi connectivity index (χ1) is 10.2. The smallest absolute Gasteiger partial charge is 0.393 e. The Morgan fingerprint density at radius 1 is 1.41 bits per heavy atom. The lowest BCUT2D eigenvalue weighted by molar-refractivity contribution is -0.382. The largest absolute Gasteiger partial charge is 0.418 e. The van der Waals surface area contributed by atoms with Gasteiger partial charge in [0.25, 0.3) is 0 Å². The first-order valence-electron chi connectivity index (χ1n) is 6.75. The number of aromatic nitrogens is 2. The van der Waals surface area contributed by atoms with Crippen molar-refractivity contribution in [2.75, 3.05) is 5.73 Å². The topological polar surface area (TPSA) is 87.0 Å². The van der Waals surface area contributed by atoms with Gasteiger partial charge in [-0.2, -0.15) is 13.2 Å². The van der Waals surface area contributed by atoms with Crippen molar-refractivity contribution in [2.24, 2.45) is 0 Å². The van der Waals surface area contributed by atoms with Gasteiger partial charge in [-0.05, 0) is 12.5 Å². The molecule has 0 spiro atoms.